The molecule has 0 saturated heterocycles. The van der Waals surface area contributed by atoms with Gasteiger partial charge in [-0.05, 0) is 19.4 Å². The quantitative estimate of drug-likeness (QED) is 0.393. The number of thiophene rings is 1. The van der Waals surface area contributed by atoms with E-state index in [4.69, 9.17) is 4.74 Å². The van der Waals surface area contributed by atoms with E-state index in [2.05, 4.69) is 21.4 Å². The lowest BCUT2D eigenvalue weighted by molar-refractivity contribution is 0.0172. The number of aromatic nitrogens is 2. The van der Waals surface area contributed by atoms with Gasteiger partial charge >= 0.3 is 0 Å². The lowest BCUT2D eigenvalue weighted by Crippen LogP contribution is -2.39. The maximum atomic E-state index is 12.8. The van der Waals surface area contributed by atoms with Crippen molar-refractivity contribution in [1.29, 1.82) is 0 Å². The van der Waals surface area contributed by atoms with Crippen LogP contribution in [0.15, 0.2) is 53.2 Å². The average molecular weight is 414 g/mol. The van der Waals surface area contributed by atoms with Gasteiger partial charge in [0.2, 0.25) is 0 Å². The highest BCUT2D eigenvalue weighted by atomic mass is 32.1. The zero-order valence-electron chi connectivity index (χ0n) is 16.8. The van der Waals surface area contributed by atoms with Crippen LogP contribution in [0.25, 0.3) is 21.3 Å². The number of aliphatic hydroxyl groups excluding tert-OH is 1. The van der Waals surface area contributed by atoms with Gasteiger partial charge in [0, 0.05) is 23.5 Å². The summed E-state index contributed by atoms with van der Waals surface area (Å²) in [6.07, 6.45) is 1.03. The van der Waals surface area contributed by atoms with E-state index in [9.17, 15) is 9.90 Å². The van der Waals surface area contributed by atoms with Gasteiger partial charge in [0.05, 0.1) is 31.2 Å². The summed E-state index contributed by atoms with van der Waals surface area (Å²) in [5.41, 5.74) is 1.77. The van der Waals surface area contributed by atoms with Crippen molar-refractivity contribution >= 4 is 21.6 Å². The number of ether oxygens (including phenoxy) is 1. The number of hydrogen-bond donors (Lipinski definition) is 2. The van der Waals surface area contributed by atoms with Gasteiger partial charge in [-0.1, -0.05) is 36.4 Å². The van der Waals surface area contributed by atoms with Crippen molar-refractivity contribution in [3.63, 3.8) is 0 Å². The topological polar surface area (TPSA) is 78.5 Å². The number of benzene rings is 1. The number of rotatable bonds is 10. The van der Waals surface area contributed by atoms with Crippen molar-refractivity contribution in [2.45, 2.75) is 32.5 Å². The second-order valence-corrected chi connectivity index (χ2v) is 8.07. The van der Waals surface area contributed by atoms with Gasteiger partial charge in [-0.3, -0.25) is 9.69 Å². The van der Waals surface area contributed by atoms with Gasteiger partial charge in [0.1, 0.15) is 10.7 Å². The summed E-state index contributed by atoms with van der Waals surface area (Å²) in [7, 11) is 0. The molecule has 2 N–H and O–H groups in total. The Morgan fingerprint density at radius 1 is 1.34 bits per heavy atom. The van der Waals surface area contributed by atoms with Crippen LogP contribution in [0.3, 0.4) is 0 Å². The van der Waals surface area contributed by atoms with Crippen molar-refractivity contribution < 1.29 is 9.84 Å². The van der Waals surface area contributed by atoms with Crippen molar-refractivity contribution in [1.82, 2.24) is 14.9 Å². The molecule has 0 fully saturated rings. The summed E-state index contributed by atoms with van der Waals surface area (Å²) in [6.45, 7) is 9.22. The van der Waals surface area contributed by atoms with Gasteiger partial charge in [-0.2, -0.15) is 0 Å². The molecule has 7 heteroatoms. The fraction of sp³-hybridized carbons (Fsp3) is 0.364. The number of H-pyrrole nitrogens is 1. The van der Waals surface area contributed by atoms with Crippen LogP contribution in [0.2, 0.25) is 0 Å². The Kier molecular flexibility index (Phi) is 7.33. The largest absolute Gasteiger partial charge is 0.389 e. The van der Waals surface area contributed by atoms with Gasteiger partial charge < -0.3 is 14.8 Å². The molecule has 154 valence electrons. The average Bonchev–Trinajstić information content (AvgIpc) is 3.13. The van der Waals surface area contributed by atoms with Gasteiger partial charge in [-0.25, -0.2) is 4.98 Å². The predicted molar refractivity (Wildman–Crippen MR) is 118 cm³/mol. The van der Waals surface area contributed by atoms with Crippen LogP contribution < -0.4 is 5.56 Å². The van der Waals surface area contributed by atoms with Crippen LogP contribution in [-0.4, -0.2) is 51.9 Å². The summed E-state index contributed by atoms with van der Waals surface area (Å²) >= 11 is 1.47. The van der Waals surface area contributed by atoms with Crippen LogP contribution in [0, 0.1) is 0 Å². The van der Waals surface area contributed by atoms with Crippen molar-refractivity contribution in [2.75, 3.05) is 19.8 Å². The Labute approximate surface area is 174 Å². The Hall–Kier alpha value is -2.32. The first-order valence-corrected chi connectivity index (χ1v) is 10.5. The number of aromatic amines is 1. The zero-order chi connectivity index (χ0) is 20.8. The zero-order valence-corrected chi connectivity index (χ0v) is 17.6. The van der Waals surface area contributed by atoms with Crippen molar-refractivity contribution in [2.24, 2.45) is 0 Å². The van der Waals surface area contributed by atoms with Crippen LogP contribution >= 0.6 is 11.3 Å². The number of nitrogens with zero attached hydrogens (tertiary/aromatic N) is 2. The molecule has 2 heterocycles. The highest BCUT2D eigenvalue weighted by Crippen LogP contribution is 2.30. The molecule has 6 nitrogen and oxygen atoms in total. The summed E-state index contributed by atoms with van der Waals surface area (Å²) in [5, 5.41) is 12.8. The normalized spacial score (nSPS) is 12.7. The molecule has 0 amide bonds. The Balaban J connectivity index is 1.80. The van der Waals surface area contributed by atoms with Crippen LogP contribution in [-0.2, 0) is 11.3 Å². The number of nitrogens with one attached hydrogen (secondary N) is 1. The van der Waals surface area contributed by atoms with E-state index in [0.29, 0.717) is 30.9 Å². The third kappa shape index (κ3) is 5.39. The third-order valence-corrected chi connectivity index (χ3v) is 5.52. The molecule has 1 atom stereocenters. The molecule has 3 rings (SSSR count). The van der Waals surface area contributed by atoms with Gasteiger partial charge in [0.25, 0.3) is 5.56 Å². The maximum Gasteiger partial charge on any atom is 0.260 e. The summed E-state index contributed by atoms with van der Waals surface area (Å²) in [4.78, 5) is 23.2. The smallest absolute Gasteiger partial charge is 0.260 e. The van der Waals surface area contributed by atoms with E-state index < -0.39 is 6.10 Å². The fourth-order valence-electron chi connectivity index (χ4n) is 3.16. The van der Waals surface area contributed by atoms with Crippen molar-refractivity contribution in [3.8, 4) is 11.1 Å². The van der Waals surface area contributed by atoms with E-state index in [1.54, 1.807) is 6.08 Å². The number of hydrogen-bond acceptors (Lipinski definition) is 6. The molecule has 29 heavy (non-hydrogen) atoms. The van der Waals surface area contributed by atoms with E-state index in [-0.39, 0.29) is 18.2 Å². The fourth-order valence-corrected chi connectivity index (χ4v) is 4.13. The molecule has 0 bridgehead atoms. The lowest BCUT2D eigenvalue weighted by atomic mass is 10.1. The molecule has 2 aromatic heterocycles. The third-order valence-electron chi connectivity index (χ3n) is 4.65. The van der Waals surface area contributed by atoms with E-state index >= 15 is 0 Å². The first-order valence-electron chi connectivity index (χ1n) is 9.66. The van der Waals surface area contributed by atoms with Crippen LogP contribution in [0.5, 0.6) is 0 Å². The van der Waals surface area contributed by atoms with E-state index in [1.807, 2.05) is 49.6 Å². The Bertz CT molecular complexity index is 997. The Morgan fingerprint density at radius 2 is 2.10 bits per heavy atom. The molecule has 0 aliphatic heterocycles. The SMILES string of the molecule is C=CCOCC(O)CN(Cc1nc2scc(-c3ccccc3)c2c(=O)[nH]1)C(C)C. The van der Waals surface area contributed by atoms with Gasteiger partial charge in [0.15, 0.2) is 0 Å². The van der Waals surface area contributed by atoms with Crippen LogP contribution in [0.1, 0.15) is 19.7 Å². The first-order chi connectivity index (χ1) is 14.0. The minimum atomic E-state index is -0.626. The monoisotopic (exact) mass is 413 g/mol. The number of fused-ring (bicyclic) bond motifs is 1. The van der Waals surface area contributed by atoms with Gasteiger partial charge in [-0.15, -0.1) is 17.9 Å². The predicted octanol–water partition coefficient (Wildman–Crippen LogP) is 3.43. The van der Waals surface area contributed by atoms with Crippen molar-refractivity contribution in [3.05, 3.63) is 64.5 Å². The minimum Gasteiger partial charge on any atom is -0.389 e. The molecular weight excluding hydrogens is 386 g/mol. The second kappa shape index (κ2) is 9.93. The minimum absolute atomic E-state index is 0.135. The molecule has 0 spiro atoms. The summed E-state index contributed by atoms with van der Waals surface area (Å²) in [6, 6.07) is 10.0. The molecule has 0 aliphatic rings. The summed E-state index contributed by atoms with van der Waals surface area (Å²) in [5.74, 6) is 0.594. The highest BCUT2D eigenvalue weighted by Gasteiger charge is 2.18. The standard InChI is InChI=1S/C22H27N3O3S/c1-4-10-28-13-17(26)11-25(15(2)3)12-19-23-21(27)20-18(14-29-22(20)24-19)16-8-6-5-7-9-16/h4-9,14-15,17,26H,1,10-13H2,2-3H3,(H,23,24,27). The molecule has 0 radical (unpaired) electrons. The summed E-state index contributed by atoms with van der Waals surface area (Å²) < 4.78 is 5.33. The Morgan fingerprint density at radius 3 is 2.79 bits per heavy atom. The highest BCUT2D eigenvalue weighted by molar-refractivity contribution is 7.17. The molecule has 0 aliphatic carbocycles. The number of aliphatic hydroxyl groups is 1. The maximum absolute atomic E-state index is 12.8. The molecule has 1 aromatic carbocycles. The molecule has 0 saturated carbocycles. The van der Waals surface area contributed by atoms with E-state index in [0.717, 1.165) is 16.0 Å². The van der Waals surface area contributed by atoms with Crippen LogP contribution in [0.4, 0.5) is 0 Å². The first kappa shape index (κ1) is 21.4. The molecule has 1 unspecified atom stereocenters. The molecular formula is C22H27N3O3S. The second-order valence-electron chi connectivity index (χ2n) is 7.21. The molecule has 3 aromatic rings. The van der Waals surface area contributed by atoms with E-state index in [1.165, 1.54) is 11.3 Å². The lowest BCUT2D eigenvalue weighted by Gasteiger charge is -2.28.